The maximum atomic E-state index is 12.8. The van der Waals surface area contributed by atoms with Crippen molar-refractivity contribution in [2.75, 3.05) is 13.2 Å². The number of carbonyl (C=O) groups excluding carboxylic acids is 1. The van der Waals surface area contributed by atoms with Gasteiger partial charge in [-0.1, -0.05) is 59.2 Å². The molecule has 1 aromatic carbocycles. The average Bonchev–Trinajstić information content (AvgIpc) is 2.75. The molecule has 1 unspecified atom stereocenters. The predicted octanol–water partition coefficient (Wildman–Crippen LogP) is 8.72. The lowest BCUT2D eigenvalue weighted by atomic mass is 10.1. The van der Waals surface area contributed by atoms with Crippen LogP contribution in [0.15, 0.2) is 52.3 Å². The van der Waals surface area contributed by atoms with Gasteiger partial charge >= 0.3 is 0 Å². The first kappa shape index (κ1) is 33.9. The van der Waals surface area contributed by atoms with Gasteiger partial charge in [-0.05, 0) is 92.3 Å². The van der Waals surface area contributed by atoms with Crippen molar-refractivity contribution < 1.29 is 17.9 Å². The molecule has 0 saturated carbocycles. The van der Waals surface area contributed by atoms with Gasteiger partial charge in [-0.3, -0.25) is 4.79 Å². The zero-order valence-corrected chi connectivity index (χ0v) is 28.1. The molecular formula is C30H52O4SSi2. The summed E-state index contributed by atoms with van der Waals surface area (Å²) in [5, 5.41) is 2.00. The van der Waals surface area contributed by atoms with Crippen LogP contribution < -0.4 is 0 Å². The minimum atomic E-state index is -1.88. The van der Waals surface area contributed by atoms with E-state index in [1.807, 2.05) is 37.3 Å². The van der Waals surface area contributed by atoms with E-state index in [4.69, 9.17) is 8.85 Å². The molecule has 0 heterocycles. The Kier molecular flexibility index (Phi) is 13.1. The van der Waals surface area contributed by atoms with Crippen LogP contribution in [-0.2, 0) is 24.4 Å². The number of rotatable bonds is 14. The minimum Gasteiger partial charge on any atom is -0.417 e. The first-order chi connectivity index (χ1) is 16.9. The van der Waals surface area contributed by atoms with Gasteiger partial charge in [0.15, 0.2) is 22.4 Å². The van der Waals surface area contributed by atoms with Crippen LogP contribution in [-0.4, -0.2) is 39.8 Å². The first-order valence-corrected chi connectivity index (χ1v) is 20.6. The maximum Gasteiger partial charge on any atom is 0.191 e. The van der Waals surface area contributed by atoms with Crippen LogP contribution in [0.2, 0.25) is 36.3 Å². The standard InChI is InChI=1S/C30H52O4SSi2/c1-25-15-17-28(18-16-25)35(32)23-20-26(19-22-34-37(10,11)30(5,6)7)24-27(31)14-12-13-21-33-36(8,9)29(2,3)4/h15-18,20,23-24H,12-14,19,21-22H2,1-11H3/b23-20-,26-24+. The van der Waals surface area contributed by atoms with Gasteiger partial charge < -0.3 is 8.85 Å². The number of hydrogen-bond donors (Lipinski definition) is 0. The highest BCUT2D eigenvalue weighted by molar-refractivity contribution is 7.88. The molecule has 210 valence electrons. The first-order valence-electron chi connectivity index (χ1n) is 13.5. The normalized spacial score (nSPS) is 14.8. The van der Waals surface area contributed by atoms with Crippen LogP contribution >= 0.6 is 0 Å². The number of carbonyl (C=O) groups is 1. The van der Waals surface area contributed by atoms with Crippen molar-refractivity contribution in [1.29, 1.82) is 0 Å². The summed E-state index contributed by atoms with van der Waals surface area (Å²) >= 11 is 0. The molecule has 0 saturated heterocycles. The molecule has 0 aliphatic rings. The Bertz CT molecular complexity index is 949. The molecule has 0 radical (unpaired) electrons. The van der Waals surface area contributed by atoms with Crippen LogP contribution in [0.3, 0.4) is 0 Å². The monoisotopic (exact) mass is 564 g/mol. The van der Waals surface area contributed by atoms with Gasteiger partial charge in [-0.2, -0.15) is 0 Å². The van der Waals surface area contributed by atoms with Gasteiger partial charge in [0.25, 0.3) is 0 Å². The Labute approximate surface area is 232 Å². The summed E-state index contributed by atoms with van der Waals surface area (Å²) in [6, 6.07) is 7.69. The molecule has 1 aromatic rings. The molecule has 7 heteroatoms. The Morgan fingerprint density at radius 1 is 0.838 bits per heavy atom. The summed E-state index contributed by atoms with van der Waals surface area (Å²) in [5.41, 5.74) is 2.00. The highest BCUT2D eigenvalue weighted by Crippen LogP contribution is 2.37. The summed E-state index contributed by atoms with van der Waals surface area (Å²) in [6.07, 6.45) is 6.34. The molecule has 4 nitrogen and oxygen atoms in total. The topological polar surface area (TPSA) is 52.6 Å². The number of benzene rings is 1. The molecule has 0 fully saturated rings. The van der Waals surface area contributed by atoms with Gasteiger partial charge in [-0.15, -0.1) is 0 Å². The fraction of sp³-hybridized carbons (Fsp3) is 0.633. The second-order valence-electron chi connectivity index (χ2n) is 13.0. The van der Waals surface area contributed by atoms with Crippen LogP contribution in [0, 0.1) is 6.92 Å². The van der Waals surface area contributed by atoms with E-state index in [9.17, 15) is 9.00 Å². The van der Waals surface area contributed by atoms with Gasteiger partial charge in [-0.25, -0.2) is 4.21 Å². The van der Waals surface area contributed by atoms with Gasteiger partial charge in [0.05, 0.1) is 10.8 Å². The lowest BCUT2D eigenvalue weighted by Crippen LogP contribution is -2.41. The number of ketones is 1. The van der Waals surface area contributed by atoms with E-state index in [1.165, 1.54) is 0 Å². The van der Waals surface area contributed by atoms with Crippen LogP contribution in [0.5, 0.6) is 0 Å². The predicted molar refractivity (Wildman–Crippen MR) is 165 cm³/mol. The van der Waals surface area contributed by atoms with Gasteiger partial charge in [0, 0.05) is 29.9 Å². The van der Waals surface area contributed by atoms with Crippen molar-refractivity contribution in [1.82, 2.24) is 0 Å². The maximum absolute atomic E-state index is 12.8. The summed E-state index contributed by atoms with van der Waals surface area (Å²) in [6.45, 7) is 25.6. The number of unbranched alkanes of at least 4 members (excludes halogenated alkanes) is 1. The zero-order chi connectivity index (χ0) is 28.5. The van der Waals surface area contributed by atoms with Crippen molar-refractivity contribution in [2.24, 2.45) is 0 Å². The molecule has 0 N–H and O–H groups in total. The smallest absolute Gasteiger partial charge is 0.191 e. The van der Waals surface area contributed by atoms with Crippen LogP contribution in [0.25, 0.3) is 0 Å². The lowest BCUT2D eigenvalue weighted by Gasteiger charge is -2.36. The molecule has 0 aromatic heterocycles. The van der Waals surface area contributed by atoms with Crippen molar-refractivity contribution in [2.45, 2.75) is 115 Å². The van der Waals surface area contributed by atoms with E-state index in [0.717, 1.165) is 28.9 Å². The molecule has 0 spiro atoms. The highest BCUT2D eigenvalue weighted by Gasteiger charge is 2.37. The molecule has 1 rings (SSSR count). The Morgan fingerprint density at radius 3 is 1.86 bits per heavy atom. The SMILES string of the molecule is Cc1ccc(S(=O)/C=C\C(=C\C(=O)CCCCO[Si](C)(C)C(C)(C)C)CCO[Si](C)(C)C(C)(C)C)cc1. The highest BCUT2D eigenvalue weighted by atomic mass is 32.2. The number of allylic oxidation sites excluding steroid dienone is 2. The third-order valence-corrected chi connectivity index (χ3v) is 17.9. The van der Waals surface area contributed by atoms with E-state index >= 15 is 0 Å². The van der Waals surface area contributed by atoms with Crippen molar-refractivity contribution in [3.63, 3.8) is 0 Å². The van der Waals surface area contributed by atoms with E-state index in [-0.39, 0.29) is 15.9 Å². The third-order valence-electron chi connectivity index (χ3n) is 7.75. The van der Waals surface area contributed by atoms with Crippen LogP contribution in [0.4, 0.5) is 0 Å². The van der Waals surface area contributed by atoms with E-state index in [2.05, 4.69) is 67.7 Å². The Hall–Kier alpha value is -1.13. The average molecular weight is 565 g/mol. The summed E-state index contributed by atoms with van der Waals surface area (Å²) < 4.78 is 25.4. The fourth-order valence-corrected chi connectivity index (χ4v) is 5.96. The molecule has 0 bridgehead atoms. The van der Waals surface area contributed by atoms with Crippen molar-refractivity contribution >= 4 is 33.2 Å². The summed E-state index contributed by atoms with van der Waals surface area (Å²) in [5.74, 6) is 0.0976. The van der Waals surface area contributed by atoms with E-state index in [1.54, 1.807) is 11.5 Å². The fourth-order valence-electron chi connectivity index (χ4n) is 2.97. The molecule has 0 aliphatic heterocycles. The second kappa shape index (κ2) is 14.3. The van der Waals surface area contributed by atoms with E-state index < -0.39 is 27.4 Å². The Morgan fingerprint density at radius 2 is 1.35 bits per heavy atom. The van der Waals surface area contributed by atoms with Gasteiger partial charge in [0.1, 0.15) is 0 Å². The van der Waals surface area contributed by atoms with Crippen LogP contribution in [0.1, 0.15) is 72.8 Å². The molecule has 0 amide bonds. The van der Waals surface area contributed by atoms with Crippen molar-refractivity contribution in [3.05, 3.63) is 53.0 Å². The van der Waals surface area contributed by atoms with E-state index in [0.29, 0.717) is 26.1 Å². The molecule has 37 heavy (non-hydrogen) atoms. The Balaban J connectivity index is 2.81. The summed E-state index contributed by atoms with van der Waals surface area (Å²) in [7, 11) is -4.90. The lowest BCUT2D eigenvalue weighted by molar-refractivity contribution is -0.114. The zero-order valence-electron chi connectivity index (χ0n) is 25.3. The molecular weight excluding hydrogens is 513 g/mol. The third kappa shape index (κ3) is 12.1. The van der Waals surface area contributed by atoms with Gasteiger partial charge in [0.2, 0.25) is 0 Å². The summed E-state index contributed by atoms with van der Waals surface area (Å²) in [4.78, 5) is 13.6. The largest absolute Gasteiger partial charge is 0.417 e. The second-order valence-corrected chi connectivity index (χ2v) is 24.0. The number of aryl methyl sites for hydroxylation is 1. The van der Waals surface area contributed by atoms with Crippen molar-refractivity contribution in [3.8, 4) is 0 Å². The quantitative estimate of drug-likeness (QED) is 0.0981. The number of hydrogen-bond acceptors (Lipinski definition) is 4. The molecule has 0 aliphatic carbocycles. The minimum absolute atomic E-state index is 0.0976. The molecule has 1 atom stereocenters.